The summed E-state index contributed by atoms with van der Waals surface area (Å²) in [6.07, 6.45) is 1.17. The third kappa shape index (κ3) is 3.07. The maximum absolute atomic E-state index is 11.6. The molecule has 2 aromatic rings. The predicted octanol–water partition coefficient (Wildman–Crippen LogP) is 4.07. The SMILES string of the molecule is CCOc1cccc2c1C(CC(N)=O)=C(C)C2Cc1ccccc1. The number of nitrogens with two attached hydrogens (primary N) is 1. The fraction of sp³-hybridized carbons (Fsp3) is 0.286. The van der Waals surface area contributed by atoms with Crippen molar-refractivity contribution in [3.05, 3.63) is 70.8 Å². The number of primary amides is 1. The van der Waals surface area contributed by atoms with Crippen LogP contribution in [0.5, 0.6) is 5.75 Å². The number of rotatable bonds is 6. The average molecular weight is 321 g/mol. The summed E-state index contributed by atoms with van der Waals surface area (Å²) in [4.78, 5) is 11.6. The molecule has 1 aliphatic rings. The number of fused-ring (bicyclic) bond motifs is 1. The van der Waals surface area contributed by atoms with Gasteiger partial charge in [0.15, 0.2) is 0 Å². The van der Waals surface area contributed by atoms with E-state index in [-0.39, 0.29) is 18.2 Å². The van der Waals surface area contributed by atoms with Gasteiger partial charge in [-0.25, -0.2) is 0 Å². The topological polar surface area (TPSA) is 52.3 Å². The van der Waals surface area contributed by atoms with Crippen LogP contribution in [0, 0.1) is 0 Å². The summed E-state index contributed by atoms with van der Waals surface area (Å²) in [5, 5.41) is 0. The Bertz CT molecular complexity index is 778. The van der Waals surface area contributed by atoms with Crippen molar-refractivity contribution < 1.29 is 9.53 Å². The van der Waals surface area contributed by atoms with Gasteiger partial charge >= 0.3 is 0 Å². The van der Waals surface area contributed by atoms with Crippen molar-refractivity contribution in [1.82, 2.24) is 0 Å². The van der Waals surface area contributed by atoms with Crippen LogP contribution >= 0.6 is 0 Å². The first-order chi connectivity index (χ1) is 11.6. The summed E-state index contributed by atoms with van der Waals surface area (Å²) in [6.45, 7) is 4.68. The second kappa shape index (κ2) is 6.91. The van der Waals surface area contributed by atoms with E-state index in [1.807, 2.05) is 25.1 Å². The zero-order valence-corrected chi connectivity index (χ0v) is 14.2. The third-order valence-electron chi connectivity index (χ3n) is 4.67. The van der Waals surface area contributed by atoms with E-state index in [9.17, 15) is 4.79 Å². The number of ether oxygens (including phenoxy) is 1. The van der Waals surface area contributed by atoms with Crippen LogP contribution in [0.1, 0.15) is 42.9 Å². The first-order valence-corrected chi connectivity index (χ1v) is 8.39. The van der Waals surface area contributed by atoms with Gasteiger partial charge in [0.2, 0.25) is 5.91 Å². The highest BCUT2D eigenvalue weighted by Gasteiger charge is 2.31. The lowest BCUT2D eigenvalue weighted by Crippen LogP contribution is -2.11. The molecule has 0 radical (unpaired) electrons. The Morgan fingerprint density at radius 3 is 2.54 bits per heavy atom. The summed E-state index contributed by atoms with van der Waals surface area (Å²) >= 11 is 0. The molecule has 3 nitrogen and oxygen atoms in total. The molecule has 124 valence electrons. The zero-order chi connectivity index (χ0) is 17.1. The number of carbonyl (C=O) groups excluding carboxylic acids is 1. The lowest BCUT2D eigenvalue weighted by atomic mass is 9.90. The van der Waals surface area contributed by atoms with Crippen molar-refractivity contribution in [1.29, 1.82) is 0 Å². The van der Waals surface area contributed by atoms with E-state index < -0.39 is 0 Å². The minimum absolute atomic E-state index is 0.258. The van der Waals surface area contributed by atoms with Crippen molar-refractivity contribution in [2.75, 3.05) is 6.61 Å². The highest BCUT2D eigenvalue weighted by atomic mass is 16.5. The van der Waals surface area contributed by atoms with Crippen LogP contribution in [0.3, 0.4) is 0 Å². The molecule has 0 heterocycles. The van der Waals surface area contributed by atoms with E-state index in [1.165, 1.54) is 16.7 Å². The van der Waals surface area contributed by atoms with Gasteiger partial charge in [0.25, 0.3) is 0 Å². The Morgan fingerprint density at radius 2 is 1.88 bits per heavy atom. The largest absolute Gasteiger partial charge is 0.493 e. The predicted molar refractivity (Wildman–Crippen MR) is 96.9 cm³/mol. The molecule has 1 aliphatic carbocycles. The van der Waals surface area contributed by atoms with Crippen LogP contribution in [-0.2, 0) is 11.2 Å². The number of hydrogen-bond acceptors (Lipinski definition) is 2. The second-order valence-corrected chi connectivity index (χ2v) is 6.20. The molecule has 0 saturated heterocycles. The van der Waals surface area contributed by atoms with Gasteiger partial charge in [-0.1, -0.05) is 48.0 Å². The minimum atomic E-state index is -0.304. The molecule has 3 heteroatoms. The molecule has 2 N–H and O–H groups in total. The molecule has 0 bridgehead atoms. The van der Waals surface area contributed by atoms with E-state index in [1.54, 1.807) is 0 Å². The average Bonchev–Trinajstić information content (AvgIpc) is 2.82. The highest BCUT2D eigenvalue weighted by Crippen LogP contribution is 2.48. The van der Waals surface area contributed by atoms with Crippen LogP contribution in [0.2, 0.25) is 0 Å². The normalized spacial score (nSPS) is 16.2. The Morgan fingerprint density at radius 1 is 1.12 bits per heavy atom. The van der Waals surface area contributed by atoms with Crippen molar-refractivity contribution >= 4 is 11.5 Å². The second-order valence-electron chi connectivity index (χ2n) is 6.20. The lowest BCUT2D eigenvalue weighted by molar-refractivity contribution is -0.117. The van der Waals surface area contributed by atoms with Gasteiger partial charge in [0.05, 0.1) is 13.0 Å². The summed E-state index contributed by atoms with van der Waals surface area (Å²) in [7, 11) is 0. The number of carbonyl (C=O) groups is 1. The number of allylic oxidation sites excluding steroid dienone is 1. The van der Waals surface area contributed by atoms with Crippen molar-refractivity contribution in [2.45, 2.75) is 32.6 Å². The molecular formula is C21H23NO2. The van der Waals surface area contributed by atoms with Gasteiger partial charge in [-0.2, -0.15) is 0 Å². The van der Waals surface area contributed by atoms with Gasteiger partial charge in [0, 0.05) is 11.5 Å². The third-order valence-corrected chi connectivity index (χ3v) is 4.67. The van der Waals surface area contributed by atoms with E-state index in [2.05, 4.69) is 37.3 Å². The van der Waals surface area contributed by atoms with Crippen LogP contribution < -0.4 is 10.5 Å². The molecule has 0 fully saturated rings. The Labute approximate surface area is 143 Å². The maximum Gasteiger partial charge on any atom is 0.221 e. The quantitative estimate of drug-likeness (QED) is 0.872. The van der Waals surface area contributed by atoms with E-state index in [0.717, 1.165) is 23.3 Å². The Kier molecular flexibility index (Phi) is 4.70. The molecule has 3 rings (SSSR count). The molecule has 1 unspecified atom stereocenters. The fourth-order valence-electron chi connectivity index (χ4n) is 3.59. The molecule has 0 aromatic heterocycles. The first kappa shape index (κ1) is 16.3. The van der Waals surface area contributed by atoms with E-state index in [0.29, 0.717) is 6.61 Å². The lowest BCUT2D eigenvalue weighted by Gasteiger charge is -2.15. The molecule has 0 spiro atoms. The standard InChI is InChI=1S/C21H23NO2/c1-3-24-19-11-7-10-16-17(12-15-8-5-4-6-9-15)14(2)18(21(16)19)13-20(22)23/h4-11,17H,3,12-13H2,1-2H3,(H2,22,23). The van der Waals surface area contributed by atoms with Crippen LogP contribution in [0.25, 0.3) is 5.57 Å². The van der Waals surface area contributed by atoms with Crippen LogP contribution in [0.15, 0.2) is 54.1 Å². The Balaban J connectivity index is 2.07. The molecular weight excluding hydrogens is 298 g/mol. The molecule has 1 atom stereocenters. The molecule has 24 heavy (non-hydrogen) atoms. The number of amides is 1. The monoisotopic (exact) mass is 321 g/mol. The van der Waals surface area contributed by atoms with Gasteiger partial charge in [-0.05, 0) is 43.0 Å². The summed E-state index contributed by atoms with van der Waals surface area (Å²) < 4.78 is 5.82. The van der Waals surface area contributed by atoms with E-state index >= 15 is 0 Å². The van der Waals surface area contributed by atoms with Crippen molar-refractivity contribution in [3.8, 4) is 5.75 Å². The summed E-state index contributed by atoms with van der Waals surface area (Å²) in [5.41, 5.74) is 11.3. The maximum atomic E-state index is 11.6. The molecule has 0 saturated carbocycles. The van der Waals surface area contributed by atoms with Crippen LogP contribution in [0.4, 0.5) is 0 Å². The van der Waals surface area contributed by atoms with Gasteiger partial charge in [-0.3, -0.25) is 4.79 Å². The molecule has 0 aliphatic heterocycles. The molecule has 1 amide bonds. The van der Waals surface area contributed by atoms with Crippen molar-refractivity contribution in [2.24, 2.45) is 5.73 Å². The van der Waals surface area contributed by atoms with Gasteiger partial charge in [-0.15, -0.1) is 0 Å². The first-order valence-electron chi connectivity index (χ1n) is 8.39. The van der Waals surface area contributed by atoms with E-state index in [4.69, 9.17) is 10.5 Å². The summed E-state index contributed by atoms with van der Waals surface area (Å²) in [6, 6.07) is 16.6. The van der Waals surface area contributed by atoms with Gasteiger partial charge in [0.1, 0.15) is 5.75 Å². The molecule has 2 aromatic carbocycles. The fourth-order valence-corrected chi connectivity index (χ4v) is 3.59. The minimum Gasteiger partial charge on any atom is -0.493 e. The number of hydrogen-bond donors (Lipinski definition) is 1. The van der Waals surface area contributed by atoms with Crippen LogP contribution in [-0.4, -0.2) is 12.5 Å². The summed E-state index contributed by atoms with van der Waals surface area (Å²) in [5.74, 6) is 0.806. The Hall–Kier alpha value is -2.55. The van der Waals surface area contributed by atoms with Gasteiger partial charge < -0.3 is 10.5 Å². The van der Waals surface area contributed by atoms with Crippen molar-refractivity contribution in [3.63, 3.8) is 0 Å². The zero-order valence-electron chi connectivity index (χ0n) is 14.2. The smallest absolute Gasteiger partial charge is 0.221 e. The number of benzene rings is 2. The highest BCUT2D eigenvalue weighted by molar-refractivity contribution is 5.93.